The van der Waals surface area contributed by atoms with Crippen LogP contribution in [0, 0.1) is 0 Å². The topological polar surface area (TPSA) is 46.0 Å². The maximum absolute atomic E-state index is 9.31. The van der Waals surface area contributed by atoms with Gasteiger partial charge in [-0.25, -0.2) is 0 Å². The lowest BCUT2D eigenvalue weighted by molar-refractivity contribution is 0.181. The van der Waals surface area contributed by atoms with Crippen LogP contribution in [-0.2, 0) is 0 Å². The second kappa shape index (κ2) is 3.19. The van der Waals surface area contributed by atoms with Crippen molar-refractivity contribution in [2.24, 2.45) is 0 Å². The average Bonchev–Trinajstić information content (AvgIpc) is 2.54. The molecule has 1 heterocycles. The Kier molecular flexibility index (Phi) is 2.04. The Balaban J connectivity index is 2.11. The molecule has 0 radical (unpaired) electrons. The van der Waals surface area contributed by atoms with Gasteiger partial charge in [0.15, 0.2) is 0 Å². The summed E-state index contributed by atoms with van der Waals surface area (Å²) in [6, 6.07) is 0. The molecule has 0 spiro atoms. The quantitative estimate of drug-likeness (QED) is 0.676. The van der Waals surface area contributed by atoms with Crippen LogP contribution in [0.3, 0.4) is 0 Å². The van der Waals surface area contributed by atoms with Gasteiger partial charge in [0.05, 0.1) is 11.8 Å². The van der Waals surface area contributed by atoms with Gasteiger partial charge in [0.1, 0.15) is 0 Å². The maximum atomic E-state index is 9.31. The van der Waals surface area contributed by atoms with E-state index in [1.807, 2.05) is 0 Å². The molecular formula is C9H12N2O. The molecule has 1 aliphatic rings. The molecule has 0 amide bonds. The Morgan fingerprint density at radius 1 is 1.33 bits per heavy atom. The average molecular weight is 164 g/mol. The monoisotopic (exact) mass is 164 g/mol. The highest BCUT2D eigenvalue weighted by atomic mass is 16.3. The standard InChI is InChI=1S/C9H12N2O/c12-8-2-1-7(5-8)9-6-10-3-4-11-9/h3-4,6-8,12H,1-2,5H2/t7-,8+/m1/s1. The minimum atomic E-state index is -0.128. The molecule has 64 valence electrons. The summed E-state index contributed by atoms with van der Waals surface area (Å²) < 4.78 is 0. The molecule has 3 heteroatoms. The lowest BCUT2D eigenvalue weighted by Crippen LogP contribution is -2.01. The number of hydrogen-bond acceptors (Lipinski definition) is 3. The van der Waals surface area contributed by atoms with Crippen molar-refractivity contribution in [2.75, 3.05) is 0 Å². The first kappa shape index (κ1) is 7.68. The summed E-state index contributed by atoms with van der Waals surface area (Å²) in [5.41, 5.74) is 1.02. The van der Waals surface area contributed by atoms with Gasteiger partial charge in [-0.05, 0) is 19.3 Å². The van der Waals surface area contributed by atoms with Crippen LogP contribution < -0.4 is 0 Å². The third kappa shape index (κ3) is 1.46. The number of rotatable bonds is 1. The highest BCUT2D eigenvalue weighted by Gasteiger charge is 2.24. The molecule has 12 heavy (non-hydrogen) atoms. The molecule has 1 aromatic heterocycles. The Hall–Kier alpha value is -0.960. The van der Waals surface area contributed by atoms with Crippen molar-refractivity contribution in [3.05, 3.63) is 24.3 Å². The molecule has 1 fully saturated rings. The van der Waals surface area contributed by atoms with Crippen LogP contribution in [-0.4, -0.2) is 21.2 Å². The minimum Gasteiger partial charge on any atom is -0.393 e. The molecule has 1 N–H and O–H groups in total. The molecule has 1 aromatic rings. The van der Waals surface area contributed by atoms with Crippen LogP contribution in [0.5, 0.6) is 0 Å². The van der Waals surface area contributed by atoms with Gasteiger partial charge >= 0.3 is 0 Å². The summed E-state index contributed by atoms with van der Waals surface area (Å²) in [6.45, 7) is 0. The third-order valence-corrected chi connectivity index (χ3v) is 2.41. The van der Waals surface area contributed by atoms with Crippen molar-refractivity contribution < 1.29 is 5.11 Å². The number of aromatic nitrogens is 2. The van der Waals surface area contributed by atoms with Crippen LogP contribution >= 0.6 is 0 Å². The van der Waals surface area contributed by atoms with Crippen LogP contribution in [0.25, 0.3) is 0 Å². The van der Waals surface area contributed by atoms with Gasteiger partial charge in [0, 0.05) is 24.5 Å². The van der Waals surface area contributed by atoms with Crippen molar-refractivity contribution in [2.45, 2.75) is 31.3 Å². The van der Waals surface area contributed by atoms with Crippen LogP contribution in [0.1, 0.15) is 30.9 Å². The lowest BCUT2D eigenvalue weighted by Gasteiger charge is -2.06. The van der Waals surface area contributed by atoms with E-state index in [9.17, 15) is 5.11 Å². The predicted octanol–water partition coefficient (Wildman–Crippen LogP) is 1.10. The fourth-order valence-corrected chi connectivity index (χ4v) is 1.75. The highest BCUT2D eigenvalue weighted by Crippen LogP contribution is 2.32. The first-order valence-corrected chi connectivity index (χ1v) is 4.30. The largest absolute Gasteiger partial charge is 0.393 e. The zero-order chi connectivity index (χ0) is 8.39. The Labute approximate surface area is 71.5 Å². The number of nitrogens with zero attached hydrogens (tertiary/aromatic N) is 2. The van der Waals surface area contributed by atoms with E-state index in [1.54, 1.807) is 18.6 Å². The minimum absolute atomic E-state index is 0.128. The summed E-state index contributed by atoms with van der Waals surface area (Å²) >= 11 is 0. The smallest absolute Gasteiger partial charge is 0.0618 e. The number of aliphatic hydroxyl groups is 1. The van der Waals surface area contributed by atoms with Crippen molar-refractivity contribution in [3.63, 3.8) is 0 Å². The maximum Gasteiger partial charge on any atom is 0.0618 e. The van der Waals surface area contributed by atoms with Crippen LogP contribution in [0.4, 0.5) is 0 Å². The van der Waals surface area contributed by atoms with Gasteiger partial charge in [0.25, 0.3) is 0 Å². The summed E-state index contributed by atoms with van der Waals surface area (Å²) in [5, 5.41) is 9.31. The molecule has 0 unspecified atom stereocenters. The lowest BCUT2D eigenvalue weighted by atomic mass is 10.1. The molecule has 3 nitrogen and oxygen atoms in total. The van der Waals surface area contributed by atoms with E-state index in [4.69, 9.17) is 0 Å². The molecular weight excluding hydrogens is 152 g/mol. The van der Waals surface area contributed by atoms with Crippen molar-refractivity contribution >= 4 is 0 Å². The molecule has 2 atom stereocenters. The van der Waals surface area contributed by atoms with Gasteiger partial charge < -0.3 is 5.11 Å². The second-order valence-electron chi connectivity index (χ2n) is 3.29. The highest BCUT2D eigenvalue weighted by molar-refractivity contribution is 5.06. The van der Waals surface area contributed by atoms with E-state index in [2.05, 4.69) is 9.97 Å². The van der Waals surface area contributed by atoms with Crippen molar-refractivity contribution in [1.82, 2.24) is 9.97 Å². The predicted molar refractivity (Wildman–Crippen MR) is 44.6 cm³/mol. The van der Waals surface area contributed by atoms with Gasteiger partial charge in [-0.3, -0.25) is 9.97 Å². The van der Waals surface area contributed by atoms with Gasteiger partial charge in [-0.1, -0.05) is 0 Å². The molecule has 0 saturated heterocycles. The van der Waals surface area contributed by atoms with E-state index in [1.165, 1.54) is 0 Å². The third-order valence-electron chi connectivity index (χ3n) is 2.41. The van der Waals surface area contributed by atoms with E-state index in [0.29, 0.717) is 5.92 Å². The Bertz CT molecular complexity index is 250. The van der Waals surface area contributed by atoms with E-state index >= 15 is 0 Å². The SMILES string of the molecule is O[C@H]1CC[C@@H](c2cnccn2)C1. The molecule has 1 saturated carbocycles. The first-order chi connectivity index (χ1) is 5.86. The van der Waals surface area contributed by atoms with E-state index < -0.39 is 0 Å². The Morgan fingerprint density at radius 3 is 2.83 bits per heavy atom. The molecule has 0 bridgehead atoms. The summed E-state index contributed by atoms with van der Waals surface area (Å²) in [6.07, 6.45) is 7.84. The van der Waals surface area contributed by atoms with Crippen molar-refractivity contribution in [3.8, 4) is 0 Å². The zero-order valence-corrected chi connectivity index (χ0v) is 6.85. The normalized spacial score (nSPS) is 29.1. The zero-order valence-electron chi connectivity index (χ0n) is 6.85. The Morgan fingerprint density at radius 2 is 2.25 bits per heavy atom. The fourth-order valence-electron chi connectivity index (χ4n) is 1.75. The van der Waals surface area contributed by atoms with Crippen LogP contribution in [0.2, 0.25) is 0 Å². The molecule has 2 rings (SSSR count). The van der Waals surface area contributed by atoms with E-state index in [0.717, 1.165) is 25.0 Å². The van der Waals surface area contributed by atoms with Gasteiger partial charge in [-0.15, -0.1) is 0 Å². The summed E-state index contributed by atoms with van der Waals surface area (Å²) in [5.74, 6) is 0.425. The molecule has 0 aromatic carbocycles. The summed E-state index contributed by atoms with van der Waals surface area (Å²) in [4.78, 5) is 8.23. The fraction of sp³-hybridized carbons (Fsp3) is 0.556. The molecule has 0 aliphatic heterocycles. The number of hydrogen-bond donors (Lipinski definition) is 1. The summed E-state index contributed by atoms with van der Waals surface area (Å²) in [7, 11) is 0. The van der Waals surface area contributed by atoms with Gasteiger partial charge in [-0.2, -0.15) is 0 Å². The van der Waals surface area contributed by atoms with Crippen LogP contribution in [0.15, 0.2) is 18.6 Å². The number of aliphatic hydroxyl groups excluding tert-OH is 1. The van der Waals surface area contributed by atoms with E-state index in [-0.39, 0.29) is 6.10 Å². The van der Waals surface area contributed by atoms with Crippen molar-refractivity contribution in [1.29, 1.82) is 0 Å². The molecule has 1 aliphatic carbocycles. The van der Waals surface area contributed by atoms with Gasteiger partial charge in [0.2, 0.25) is 0 Å². The first-order valence-electron chi connectivity index (χ1n) is 4.30. The second-order valence-corrected chi connectivity index (χ2v) is 3.29.